The fraction of sp³-hybridized carbons (Fsp3) is 0.467. The number of carbonyl (C=O) groups excluding carboxylic acids is 2. The molecule has 1 aromatic rings. The summed E-state index contributed by atoms with van der Waals surface area (Å²) in [6, 6.07) is 3.76. The second-order valence-corrected chi connectivity index (χ2v) is 6.06. The van der Waals surface area contributed by atoms with E-state index in [1.54, 1.807) is 25.1 Å². The highest BCUT2D eigenvalue weighted by atomic mass is 35.5. The molecule has 2 N–H and O–H groups in total. The largest absolute Gasteiger partial charge is 0.467 e. The van der Waals surface area contributed by atoms with Crippen molar-refractivity contribution in [2.45, 2.75) is 32.9 Å². The monoisotopic (exact) mass is 346 g/mol. The maximum atomic E-state index is 12.2. The number of rotatable bonds is 6. The van der Waals surface area contributed by atoms with Crippen LogP contribution in [0.1, 0.15) is 20.8 Å². The van der Waals surface area contributed by atoms with Gasteiger partial charge in [0.25, 0.3) is 0 Å². The van der Waals surface area contributed by atoms with E-state index in [1.165, 1.54) is 7.11 Å². The molecular weight excluding hydrogens is 327 g/mol. The first kappa shape index (κ1) is 18.6. The van der Waals surface area contributed by atoms with E-state index in [9.17, 15) is 9.59 Å². The lowest BCUT2D eigenvalue weighted by Gasteiger charge is -2.23. The van der Waals surface area contributed by atoms with Crippen LogP contribution < -0.4 is 10.6 Å². The zero-order valence-corrected chi connectivity index (χ0v) is 14.5. The highest BCUT2D eigenvalue weighted by Crippen LogP contribution is 2.25. The summed E-state index contributed by atoms with van der Waals surface area (Å²) >= 11 is 11.8. The van der Waals surface area contributed by atoms with E-state index in [0.717, 1.165) is 0 Å². The summed E-state index contributed by atoms with van der Waals surface area (Å²) in [6.45, 7) is 5.35. The molecule has 1 amide bonds. The van der Waals surface area contributed by atoms with Crippen molar-refractivity contribution in [3.63, 3.8) is 0 Å². The number of halogens is 2. The first-order valence-corrected chi connectivity index (χ1v) is 7.61. The van der Waals surface area contributed by atoms with Crippen molar-refractivity contribution >= 4 is 40.8 Å². The van der Waals surface area contributed by atoms with E-state index >= 15 is 0 Å². The molecule has 122 valence electrons. The van der Waals surface area contributed by atoms with Crippen molar-refractivity contribution in [2.75, 3.05) is 12.4 Å². The molecule has 0 saturated heterocycles. The molecule has 1 rings (SSSR count). The van der Waals surface area contributed by atoms with Crippen LogP contribution in [0.15, 0.2) is 18.2 Å². The average molecular weight is 347 g/mol. The molecule has 2 atom stereocenters. The van der Waals surface area contributed by atoms with Crippen molar-refractivity contribution in [3.05, 3.63) is 28.2 Å². The number of esters is 1. The Morgan fingerprint density at radius 3 is 2.27 bits per heavy atom. The molecule has 0 aromatic heterocycles. The minimum atomic E-state index is -0.685. The Hall–Kier alpha value is -1.46. The molecule has 0 fully saturated rings. The number of methoxy groups -OCH3 is 1. The molecule has 0 aliphatic heterocycles. The van der Waals surface area contributed by atoms with Gasteiger partial charge in [-0.15, -0.1) is 0 Å². The molecular formula is C15H20Cl2N2O3. The number of benzene rings is 1. The number of amides is 1. The number of hydrogen-bond donors (Lipinski definition) is 2. The highest BCUT2D eigenvalue weighted by Gasteiger charge is 2.26. The maximum Gasteiger partial charge on any atom is 0.328 e. The second kappa shape index (κ2) is 8.25. The summed E-state index contributed by atoms with van der Waals surface area (Å²) in [4.78, 5) is 23.9. The molecule has 0 saturated carbocycles. The van der Waals surface area contributed by atoms with Crippen LogP contribution in [0.5, 0.6) is 0 Å². The molecule has 7 heteroatoms. The summed E-state index contributed by atoms with van der Waals surface area (Å²) in [5.74, 6) is -0.853. The maximum absolute atomic E-state index is 12.2. The van der Waals surface area contributed by atoms with Crippen LogP contribution in [-0.2, 0) is 14.3 Å². The first-order valence-electron chi connectivity index (χ1n) is 6.86. The van der Waals surface area contributed by atoms with Crippen molar-refractivity contribution in [1.82, 2.24) is 5.32 Å². The van der Waals surface area contributed by atoms with Crippen LogP contribution in [0.4, 0.5) is 5.69 Å². The topological polar surface area (TPSA) is 67.4 Å². The van der Waals surface area contributed by atoms with Crippen molar-refractivity contribution in [3.8, 4) is 0 Å². The van der Waals surface area contributed by atoms with E-state index in [2.05, 4.69) is 10.6 Å². The summed E-state index contributed by atoms with van der Waals surface area (Å²) in [7, 11) is 1.29. The number of carbonyl (C=O) groups is 2. The standard InChI is InChI=1S/C15H20Cl2N2O3/c1-8(2)13(15(21)22-4)19-14(20)9(3)18-10-5-6-11(16)12(17)7-10/h5-9,13,18H,1-4H3,(H,19,20)/t9-,13-/m0/s1. The van der Waals surface area contributed by atoms with Gasteiger partial charge in [-0.1, -0.05) is 37.0 Å². The van der Waals surface area contributed by atoms with Crippen molar-refractivity contribution in [1.29, 1.82) is 0 Å². The van der Waals surface area contributed by atoms with Gasteiger partial charge in [-0.2, -0.15) is 0 Å². The third kappa shape index (κ3) is 5.07. The van der Waals surface area contributed by atoms with Gasteiger partial charge in [-0.3, -0.25) is 4.79 Å². The molecule has 1 aromatic carbocycles. The van der Waals surface area contributed by atoms with E-state index in [-0.39, 0.29) is 11.8 Å². The minimum absolute atomic E-state index is 0.0754. The predicted octanol–water partition coefficient (Wildman–Crippen LogP) is 3.11. The molecule has 0 spiro atoms. The fourth-order valence-electron chi connectivity index (χ4n) is 1.80. The average Bonchev–Trinajstić information content (AvgIpc) is 2.47. The number of nitrogens with one attached hydrogen (secondary N) is 2. The summed E-state index contributed by atoms with van der Waals surface area (Å²) in [5.41, 5.74) is 0.663. The molecule has 0 aliphatic carbocycles. The predicted molar refractivity (Wildman–Crippen MR) is 88.3 cm³/mol. The fourth-order valence-corrected chi connectivity index (χ4v) is 2.10. The Bertz CT molecular complexity index is 550. The van der Waals surface area contributed by atoms with E-state index in [1.807, 2.05) is 13.8 Å². The first-order chi connectivity index (χ1) is 10.3. The normalized spacial score (nSPS) is 13.4. The van der Waals surface area contributed by atoms with Gasteiger partial charge in [-0.05, 0) is 31.0 Å². The Labute approximate surface area is 140 Å². The molecule has 0 unspecified atom stereocenters. The molecule has 0 aliphatic rings. The summed E-state index contributed by atoms with van der Waals surface area (Å²) in [6.07, 6.45) is 0. The van der Waals surface area contributed by atoms with Gasteiger partial charge >= 0.3 is 5.97 Å². The third-order valence-electron chi connectivity index (χ3n) is 3.12. The lowest BCUT2D eigenvalue weighted by atomic mass is 10.0. The van der Waals surface area contributed by atoms with Gasteiger partial charge in [0.1, 0.15) is 12.1 Å². The SMILES string of the molecule is COC(=O)[C@@H](NC(=O)[C@H](C)Nc1ccc(Cl)c(Cl)c1)C(C)C. The van der Waals surface area contributed by atoms with Gasteiger partial charge in [-0.25, -0.2) is 4.79 Å². The number of anilines is 1. The summed E-state index contributed by atoms with van der Waals surface area (Å²) in [5, 5.41) is 6.52. The van der Waals surface area contributed by atoms with E-state index in [0.29, 0.717) is 15.7 Å². The van der Waals surface area contributed by atoms with Gasteiger partial charge in [0, 0.05) is 5.69 Å². The Morgan fingerprint density at radius 2 is 1.77 bits per heavy atom. The van der Waals surface area contributed by atoms with Crippen LogP contribution in [-0.4, -0.2) is 31.1 Å². The van der Waals surface area contributed by atoms with Crippen molar-refractivity contribution < 1.29 is 14.3 Å². The van der Waals surface area contributed by atoms with Crippen LogP contribution in [0.3, 0.4) is 0 Å². The zero-order valence-electron chi connectivity index (χ0n) is 12.9. The van der Waals surface area contributed by atoms with Crippen molar-refractivity contribution in [2.24, 2.45) is 5.92 Å². The molecule has 0 radical (unpaired) electrons. The Balaban J connectivity index is 2.71. The second-order valence-electron chi connectivity index (χ2n) is 5.25. The zero-order chi connectivity index (χ0) is 16.9. The quantitative estimate of drug-likeness (QED) is 0.776. The number of hydrogen-bond acceptors (Lipinski definition) is 4. The third-order valence-corrected chi connectivity index (χ3v) is 3.85. The lowest BCUT2D eigenvalue weighted by molar-refractivity contribution is -0.146. The minimum Gasteiger partial charge on any atom is -0.467 e. The smallest absolute Gasteiger partial charge is 0.328 e. The van der Waals surface area contributed by atoms with Gasteiger partial charge in [0.15, 0.2) is 0 Å². The van der Waals surface area contributed by atoms with Gasteiger partial charge < -0.3 is 15.4 Å². The van der Waals surface area contributed by atoms with E-state index < -0.39 is 18.1 Å². The van der Waals surface area contributed by atoms with Crippen LogP contribution in [0.25, 0.3) is 0 Å². The lowest BCUT2D eigenvalue weighted by Crippen LogP contribution is -2.49. The van der Waals surface area contributed by atoms with Crippen LogP contribution in [0.2, 0.25) is 10.0 Å². The molecule has 0 heterocycles. The molecule has 0 bridgehead atoms. The van der Waals surface area contributed by atoms with Gasteiger partial charge in [0.2, 0.25) is 5.91 Å². The highest BCUT2D eigenvalue weighted by molar-refractivity contribution is 6.42. The molecule has 5 nitrogen and oxygen atoms in total. The molecule has 22 heavy (non-hydrogen) atoms. The Kier molecular flexibility index (Phi) is 6.97. The van der Waals surface area contributed by atoms with Crippen LogP contribution in [0, 0.1) is 5.92 Å². The number of ether oxygens (including phenoxy) is 1. The van der Waals surface area contributed by atoms with Gasteiger partial charge in [0.05, 0.1) is 17.2 Å². The van der Waals surface area contributed by atoms with E-state index in [4.69, 9.17) is 27.9 Å². The van der Waals surface area contributed by atoms with Crippen LogP contribution >= 0.6 is 23.2 Å². The Morgan fingerprint density at radius 1 is 1.14 bits per heavy atom. The summed E-state index contributed by atoms with van der Waals surface area (Å²) < 4.78 is 4.70.